The number of unbranched alkanes of at least 4 members (excludes halogenated alkanes) is 4. The van der Waals surface area contributed by atoms with E-state index in [1.54, 1.807) is 41.3 Å². The van der Waals surface area contributed by atoms with E-state index in [0.717, 1.165) is 31.4 Å². The van der Waals surface area contributed by atoms with Crippen molar-refractivity contribution in [2.24, 2.45) is 0 Å². The number of carboxylic acid groups (broad SMARTS) is 1. The predicted molar refractivity (Wildman–Crippen MR) is 107 cm³/mol. The topological polar surface area (TPSA) is 60.4 Å². The van der Waals surface area contributed by atoms with Gasteiger partial charge in [0.1, 0.15) is 0 Å². The van der Waals surface area contributed by atoms with Crippen LogP contribution in [0.3, 0.4) is 0 Å². The molecule has 1 amide bonds. The Balaban J connectivity index is 0.00000392. The van der Waals surface area contributed by atoms with Gasteiger partial charge in [0.2, 0.25) is 0 Å². The first-order chi connectivity index (χ1) is 13.0. The fourth-order valence-corrected chi connectivity index (χ4v) is 3.04. The van der Waals surface area contributed by atoms with Crippen molar-refractivity contribution in [1.82, 2.24) is 0 Å². The molecule has 0 aliphatic heterocycles. The third-order valence-electron chi connectivity index (χ3n) is 4.24. The number of hydrogen-bond donors (Lipinski definition) is 0. The van der Waals surface area contributed by atoms with Crippen molar-refractivity contribution in [3.8, 4) is 0 Å². The molecule has 0 saturated carbocycles. The Hall–Kier alpha value is -1.04. The van der Waals surface area contributed by atoms with Crippen LogP contribution in [0, 0.1) is 0 Å². The number of nitrogens with zero attached hydrogens (tertiary/aromatic N) is 1. The molecule has 2 aromatic carbocycles. The van der Waals surface area contributed by atoms with Gasteiger partial charge >= 0.3 is 29.6 Å². The van der Waals surface area contributed by atoms with Gasteiger partial charge in [-0.2, -0.15) is 0 Å². The SMILES string of the molecule is O=C([O-])CCCCCCCN(C(=O)c1ccc(Cl)cc1)c1ccc(Cl)cc1.[Na+]. The molecule has 4 nitrogen and oxygen atoms in total. The van der Waals surface area contributed by atoms with E-state index in [0.29, 0.717) is 28.6 Å². The summed E-state index contributed by atoms with van der Waals surface area (Å²) in [5.41, 5.74) is 1.36. The average Bonchev–Trinajstić information content (AvgIpc) is 2.65. The molecule has 0 heterocycles. The van der Waals surface area contributed by atoms with Crippen molar-refractivity contribution in [2.45, 2.75) is 38.5 Å². The molecule has 0 atom stereocenters. The van der Waals surface area contributed by atoms with Crippen LogP contribution in [-0.4, -0.2) is 18.4 Å². The number of aliphatic carboxylic acids is 1. The third-order valence-corrected chi connectivity index (χ3v) is 4.74. The number of benzene rings is 2. The molecule has 2 aromatic rings. The van der Waals surface area contributed by atoms with Gasteiger partial charge in [0, 0.05) is 33.8 Å². The number of amides is 1. The molecule has 28 heavy (non-hydrogen) atoms. The van der Waals surface area contributed by atoms with E-state index in [1.165, 1.54) is 0 Å². The molecular weight excluding hydrogens is 408 g/mol. The molecule has 0 aromatic heterocycles. The van der Waals surface area contributed by atoms with Gasteiger partial charge in [0.25, 0.3) is 5.91 Å². The molecule has 0 bridgehead atoms. The summed E-state index contributed by atoms with van der Waals surface area (Å²) in [5.74, 6) is -1.09. The van der Waals surface area contributed by atoms with Gasteiger partial charge in [0.15, 0.2) is 0 Å². The molecule has 0 spiro atoms. The van der Waals surface area contributed by atoms with Crippen molar-refractivity contribution >= 4 is 40.8 Å². The first-order valence-corrected chi connectivity index (χ1v) is 9.76. The van der Waals surface area contributed by atoms with Crippen LogP contribution in [0.5, 0.6) is 0 Å². The molecule has 0 radical (unpaired) electrons. The van der Waals surface area contributed by atoms with E-state index in [9.17, 15) is 14.7 Å². The van der Waals surface area contributed by atoms with Crippen LogP contribution < -0.4 is 39.6 Å². The summed E-state index contributed by atoms with van der Waals surface area (Å²) < 4.78 is 0. The zero-order valence-corrected chi connectivity index (χ0v) is 19.5. The minimum Gasteiger partial charge on any atom is -0.550 e. The second-order valence-corrected chi connectivity index (χ2v) is 7.20. The zero-order valence-electron chi connectivity index (χ0n) is 16.0. The molecular formula is C21H22Cl2NNaO3. The fraction of sp³-hybridized carbons (Fsp3) is 0.333. The van der Waals surface area contributed by atoms with Crippen LogP contribution in [0.2, 0.25) is 10.0 Å². The van der Waals surface area contributed by atoms with E-state index < -0.39 is 5.97 Å². The molecule has 0 saturated heterocycles. The summed E-state index contributed by atoms with van der Waals surface area (Å²) in [6, 6.07) is 14.0. The van der Waals surface area contributed by atoms with Gasteiger partial charge in [-0.3, -0.25) is 4.79 Å². The molecule has 0 unspecified atom stereocenters. The number of carboxylic acids is 1. The van der Waals surface area contributed by atoms with Crippen LogP contribution in [0.1, 0.15) is 48.9 Å². The van der Waals surface area contributed by atoms with Crippen molar-refractivity contribution in [3.63, 3.8) is 0 Å². The number of hydrogen-bond acceptors (Lipinski definition) is 3. The number of halogens is 2. The Bertz CT molecular complexity index is 751. The molecule has 2 rings (SSSR count). The molecule has 0 N–H and O–H groups in total. The van der Waals surface area contributed by atoms with Crippen LogP contribution in [0.15, 0.2) is 48.5 Å². The van der Waals surface area contributed by atoms with Crippen LogP contribution >= 0.6 is 23.2 Å². The third kappa shape index (κ3) is 8.54. The summed E-state index contributed by atoms with van der Waals surface area (Å²) in [5, 5.41) is 11.6. The fourth-order valence-electron chi connectivity index (χ4n) is 2.79. The number of rotatable bonds is 10. The quantitative estimate of drug-likeness (QED) is 0.426. The van der Waals surface area contributed by atoms with Crippen LogP contribution in [0.25, 0.3) is 0 Å². The van der Waals surface area contributed by atoms with Crippen molar-refractivity contribution in [2.75, 3.05) is 11.4 Å². The monoisotopic (exact) mass is 429 g/mol. The van der Waals surface area contributed by atoms with Crippen molar-refractivity contribution in [3.05, 3.63) is 64.1 Å². The van der Waals surface area contributed by atoms with Gasteiger partial charge < -0.3 is 14.8 Å². The van der Waals surface area contributed by atoms with Gasteiger partial charge in [-0.15, -0.1) is 0 Å². The second-order valence-electron chi connectivity index (χ2n) is 6.33. The minimum absolute atomic E-state index is 0. The summed E-state index contributed by atoms with van der Waals surface area (Å²) >= 11 is 11.9. The predicted octanol–water partition coefficient (Wildman–Crippen LogP) is 1.73. The number of carbonyl (C=O) groups is 2. The van der Waals surface area contributed by atoms with Gasteiger partial charge in [0.05, 0.1) is 0 Å². The maximum absolute atomic E-state index is 13.0. The normalized spacial score (nSPS) is 10.2. The van der Waals surface area contributed by atoms with Gasteiger partial charge in [-0.25, -0.2) is 0 Å². The Kier molecular flexibility index (Phi) is 11.8. The number of anilines is 1. The molecule has 144 valence electrons. The molecule has 0 fully saturated rings. The van der Waals surface area contributed by atoms with E-state index in [2.05, 4.69) is 0 Å². The smallest absolute Gasteiger partial charge is 0.550 e. The number of carbonyl (C=O) groups excluding carboxylic acids is 2. The Morgan fingerprint density at radius 2 is 1.29 bits per heavy atom. The van der Waals surface area contributed by atoms with E-state index in [-0.39, 0.29) is 41.9 Å². The minimum atomic E-state index is -1.00. The first-order valence-electron chi connectivity index (χ1n) is 9.00. The van der Waals surface area contributed by atoms with E-state index in [1.807, 2.05) is 12.1 Å². The Morgan fingerprint density at radius 3 is 1.86 bits per heavy atom. The largest absolute Gasteiger partial charge is 1.00 e. The molecule has 0 aliphatic carbocycles. The van der Waals surface area contributed by atoms with Crippen molar-refractivity contribution in [1.29, 1.82) is 0 Å². The summed E-state index contributed by atoms with van der Waals surface area (Å²) in [6.45, 7) is 0.573. The van der Waals surface area contributed by atoms with Gasteiger partial charge in [-0.05, 0) is 67.8 Å². The van der Waals surface area contributed by atoms with Crippen LogP contribution in [0.4, 0.5) is 5.69 Å². The van der Waals surface area contributed by atoms with Gasteiger partial charge in [-0.1, -0.05) is 42.5 Å². The Morgan fingerprint density at radius 1 is 0.786 bits per heavy atom. The average molecular weight is 430 g/mol. The van der Waals surface area contributed by atoms with E-state index >= 15 is 0 Å². The maximum atomic E-state index is 13.0. The molecule has 7 heteroatoms. The zero-order chi connectivity index (χ0) is 19.6. The summed E-state index contributed by atoms with van der Waals surface area (Å²) in [7, 11) is 0. The summed E-state index contributed by atoms with van der Waals surface area (Å²) in [4.78, 5) is 25.1. The van der Waals surface area contributed by atoms with Crippen LogP contribution in [-0.2, 0) is 4.79 Å². The summed E-state index contributed by atoms with van der Waals surface area (Å²) in [6.07, 6.45) is 4.26. The standard InChI is InChI=1S/C21H23Cl2NO3.Na/c22-17-9-7-16(8-10-17)21(27)24(19-13-11-18(23)12-14-19)15-5-3-1-2-4-6-20(25)26;/h7-14H,1-6,15H2,(H,25,26);/q;+1/p-1. The van der Waals surface area contributed by atoms with E-state index in [4.69, 9.17) is 23.2 Å². The maximum Gasteiger partial charge on any atom is 1.00 e. The van der Waals surface area contributed by atoms with Crippen molar-refractivity contribution < 1.29 is 44.3 Å². The second kappa shape index (κ2) is 13.2. The molecule has 0 aliphatic rings. The Labute approximate surface area is 198 Å². The first kappa shape index (κ1) is 25.0.